The number of aliphatic imine (C=N–C) groups is 1. The Labute approximate surface area is 183 Å². The molecule has 1 aromatic rings. The molecule has 6 nitrogen and oxygen atoms in total. The fraction of sp³-hybridized carbons (Fsp3) is 0.417. The zero-order valence-electron chi connectivity index (χ0n) is 18.9. The van der Waals surface area contributed by atoms with E-state index in [1.165, 1.54) is 6.07 Å². The van der Waals surface area contributed by atoms with Gasteiger partial charge >= 0.3 is 6.09 Å². The SMILES string of the molecule is C=CNC1=NC=C(c2ccccc2F)/C1=C(/C)N1CCN(C(=O)OC(C)(C)C)C(C)C1. The first-order chi connectivity index (χ1) is 14.6. The Bertz CT molecular complexity index is 959. The molecule has 2 aliphatic heterocycles. The van der Waals surface area contributed by atoms with Gasteiger partial charge in [0.25, 0.3) is 0 Å². The van der Waals surface area contributed by atoms with Gasteiger partial charge < -0.3 is 19.9 Å². The molecule has 0 radical (unpaired) electrons. The summed E-state index contributed by atoms with van der Waals surface area (Å²) >= 11 is 0. The highest BCUT2D eigenvalue weighted by Gasteiger charge is 2.33. The molecule has 0 aliphatic carbocycles. The van der Waals surface area contributed by atoms with E-state index in [4.69, 9.17) is 4.74 Å². The lowest BCUT2D eigenvalue weighted by Gasteiger charge is -2.42. The second kappa shape index (κ2) is 8.96. The summed E-state index contributed by atoms with van der Waals surface area (Å²) in [6.45, 7) is 15.2. The summed E-state index contributed by atoms with van der Waals surface area (Å²) in [6, 6.07) is 6.65. The predicted octanol–water partition coefficient (Wildman–Crippen LogP) is 4.53. The van der Waals surface area contributed by atoms with Crippen LogP contribution in [0.15, 0.2) is 59.5 Å². The molecule has 1 N–H and O–H groups in total. The fourth-order valence-corrected chi connectivity index (χ4v) is 3.85. The van der Waals surface area contributed by atoms with Crippen molar-refractivity contribution in [1.82, 2.24) is 15.1 Å². The Hall–Kier alpha value is -3.09. The number of nitrogens with one attached hydrogen (secondary N) is 1. The van der Waals surface area contributed by atoms with Crippen molar-refractivity contribution in [2.75, 3.05) is 19.6 Å². The highest BCUT2D eigenvalue weighted by atomic mass is 19.1. The van der Waals surface area contributed by atoms with Crippen LogP contribution in [0.1, 0.15) is 40.2 Å². The van der Waals surface area contributed by atoms with Crippen molar-refractivity contribution in [3.8, 4) is 0 Å². The first-order valence-electron chi connectivity index (χ1n) is 10.5. The number of amides is 1. The monoisotopic (exact) mass is 426 g/mol. The molecule has 166 valence electrons. The zero-order chi connectivity index (χ0) is 22.8. The van der Waals surface area contributed by atoms with Gasteiger partial charge in [0.15, 0.2) is 0 Å². The minimum Gasteiger partial charge on any atom is -0.444 e. The maximum absolute atomic E-state index is 14.5. The van der Waals surface area contributed by atoms with E-state index in [2.05, 4.69) is 21.8 Å². The molecule has 7 heteroatoms. The van der Waals surface area contributed by atoms with Gasteiger partial charge in [0, 0.05) is 54.3 Å². The number of carbonyl (C=O) groups is 1. The molecule has 0 spiro atoms. The first kappa shape index (κ1) is 22.6. The second-order valence-electron chi connectivity index (χ2n) is 8.78. The zero-order valence-corrected chi connectivity index (χ0v) is 18.9. The largest absolute Gasteiger partial charge is 0.444 e. The molecule has 31 heavy (non-hydrogen) atoms. The summed E-state index contributed by atoms with van der Waals surface area (Å²) < 4.78 is 20.1. The maximum Gasteiger partial charge on any atom is 0.410 e. The molecule has 0 saturated carbocycles. The molecule has 2 heterocycles. The lowest BCUT2D eigenvalue weighted by Crippen LogP contribution is -2.54. The molecule has 1 amide bonds. The third-order valence-electron chi connectivity index (χ3n) is 5.32. The van der Waals surface area contributed by atoms with E-state index < -0.39 is 5.60 Å². The molecule has 1 atom stereocenters. The topological polar surface area (TPSA) is 57.2 Å². The molecular formula is C24H31FN4O2. The summed E-state index contributed by atoms with van der Waals surface area (Å²) in [5, 5.41) is 3.07. The number of nitrogens with zero attached hydrogens (tertiary/aromatic N) is 3. The fourth-order valence-electron chi connectivity index (χ4n) is 3.85. The molecule has 0 bridgehead atoms. The number of allylic oxidation sites excluding steroid dienone is 1. The molecule has 3 rings (SSSR count). The van der Waals surface area contributed by atoms with Crippen LogP contribution < -0.4 is 5.32 Å². The van der Waals surface area contributed by atoms with Crippen LogP contribution in [0, 0.1) is 5.82 Å². The highest BCUT2D eigenvalue weighted by molar-refractivity contribution is 6.16. The van der Waals surface area contributed by atoms with Gasteiger partial charge in [0.05, 0.1) is 0 Å². The van der Waals surface area contributed by atoms with Crippen LogP contribution in [-0.2, 0) is 4.74 Å². The summed E-state index contributed by atoms with van der Waals surface area (Å²) in [7, 11) is 0. The summed E-state index contributed by atoms with van der Waals surface area (Å²) in [5.74, 6) is 0.338. The van der Waals surface area contributed by atoms with Gasteiger partial charge in [-0.05, 0) is 46.9 Å². The van der Waals surface area contributed by atoms with E-state index in [1.54, 1.807) is 29.4 Å². The normalized spacial score (nSPS) is 20.8. The Kier molecular flexibility index (Phi) is 6.53. The van der Waals surface area contributed by atoms with Crippen molar-refractivity contribution in [3.63, 3.8) is 0 Å². The molecule has 1 unspecified atom stereocenters. The lowest BCUT2D eigenvalue weighted by molar-refractivity contribution is 0.00496. The predicted molar refractivity (Wildman–Crippen MR) is 122 cm³/mol. The van der Waals surface area contributed by atoms with Crippen LogP contribution in [0.4, 0.5) is 9.18 Å². The summed E-state index contributed by atoms with van der Waals surface area (Å²) in [6.07, 6.45) is 2.95. The molecule has 2 aliphatic rings. The number of piperazine rings is 1. The Morgan fingerprint density at radius 2 is 2.03 bits per heavy atom. The second-order valence-corrected chi connectivity index (χ2v) is 8.78. The van der Waals surface area contributed by atoms with E-state index in [-0.39, 0.29) is 18.0 Å². The van der Waals surface area contributed by atoms with E-state index >= 15 is 0 Å². The van der Waals surface area contributed by atoms with Gasteiger partial charge in [-0.1, -0.05) is 24.8 Å². The number of ether oxygens (including phenoxy) is 1. The standard InChI is InChI=1S/C24H31FN4O2/c1-7-26-22-21(19(14-27-22)18-10-8-9-11-20(18)25)17(3)28-12-13-29(16(2)15-28)23(30)31-24(4,5)6/h7-11,14,16H,1,12-13,15H2,2-6H3,(H,26,27)/b21-17+. The van der Waals surface area contributed by atoms with Crippen LogP contribution in [0.3, 0.4) is 0 Å². The van der Waals surface area contributed by atoms with E-state index in [9.17, 15) is 9.18 Å². The number of hydrogen-bond donors (Lipinski definition) is 1. The van der Waals surface area contributed by atoms with Crippen molar-refractivity contribution in [2.45, 2.75) is 46.3 Å². The summed E-state index contributed by atoms with van der Waals surface area (Å²) in [4.78, 5) is 21.0. The van der Waals surface area contributed by atoms with Gasteiger partial charge in [0.1, 0.15) is 17.3 Å². The Morgan fingerprint density at radius 1 is 1.32 bits per heavy atom. The van der Waals surface area contributed by atoms with Gasteiger partial charge in [-0.25, -0.2) is 14.2 Å². The minimum absolute atomic E-state index is 0.0332. The Balaban J connectivity index is 1.87. The molecule has 1 fully saturated rings. The number of halogens is 1. The van der Waals surface area contributed by atoms with Gasteiger partial charge in [-0.2, -0.15) is 0 Å². The van der Waals surface area contributed by atoms with Crippen LogP contribution in [0.25, 0.3) is 5.57 Å². The van der Waals surface area contributed by atoms with Gasteiger partial charge in [-0.15, -0.1) is 0 Å². The van der Waals surface area contributed by atoms with Crippen molar-refractivity contribution in [1.29, 1.82) is 0 Å². The number of carbonyl (C=O) groups excluding carboxylic acids is 1. The van der Waals surface area contributed by atoms with Crippen molar-refractivity contribution in [2.24, 2.45) is 4.99 Å². The number of benzene rings is 1. The molecule has 0 aromatic heterocycles. The first-order valence-corrected chi connectivity index (χ1v) is 10.5. The van der Waals surface area contributed by atoms with Gasteiger partial charge in [-0.3, -0.25) is 0 Å². The number of hydrogen-bond acceptors (Lipinski definition) is 5. The van der Waals surface area contributed by atoms with Crippen molar-refractivity contribution < 1.29 is 13.9 Å². The van der Waals surface area contributed by atoms with Crippen LogP contribution in [0.5, 0.6) is 0 Å². The lowest BCUT2D eigenvalue weighted by atomic mass is 9.96. The van der Waals surface area contributed by atoms with Crippen molar-refractivity contribution >= 4 is 17.5 Å². The molecule has 1 aromatic carbocycles. The van der Waals surface area contributed by atoms with Gasteiger partial charge in [0.2, 0.25) is 0 Å². The van der Waals surface area contributed by atoms with E-state index in [1.807, 2.05) is 40.7 Å². The Morgan fingerprint density at radius 3 is 2.65 bits per heavy atom. The molecular weight excluding hydrogens is 395 g/mol. The van der Waals surface area contributed by atoms with E-state index in [0.29, 0.717) is 31.0 Å². The van der Waals surface area contributed by atoms with Crippen molar-refractivity contribution in [3.05, 3.63) is 65.9 Å². The van der Waals surface area contributed by atoms with E-state index in [0.717, 1.165) is 16.8 Å². The van der Waals surface area contributed by atoms with Crippen LogP contribution in [0.2, 0.25) is 0 Å². The maximum atomic E-state index is 14.5. The third-order valence-corrected chi connectivity index (χ3v) is 5.32. The number of amidine groups is 1. The quantitative estimate of drug-likeness (QED) is 0.772. The smallest absolute Gasteiger partial charge is 0.410 e. The summed E-state index contributed by atoms with van der Waals surface area (Å²) in [5.41, 5.74) is 2.50. The highest BCUT2D eigenvalue weighted by Crippen LogP contribution is 2.34. The molecule has 1 saturated heterocycles. The average molecular weight is 427 g/mol. The minimum atomic E-state index is -0.531. The average Bonchev–Trinajstić information content (AvgIpc) is 3.10. The van der Waals surface area contributed by atoms with Crippen LogP contribution in [-0.4, -0.2) is 53.0 Å². The number of rotatable bonds is 3. The third kappa shape index (κ3) is 4.98. The van der Waals surface area contributed by atoms with Crippen LogP contribution >= 0.6 is 0 Å².